The highest BCUT2D eigenvalue weighted by molar-refractivity contribution is 5.79. The van der Waals surface area contributed by atoms with Gasteiger partial charge < -0.3 is 15.8 Å². The lowest BCUT2D eigenvalue weighted by molar-refractivity contribution is 0.248. The average Bonchev–Trinajstić information content (AvgIpc) is 3.14. The number of oxime groups is 1. The van der Waals surface area contributed by atoms with Gasteiger partial charge in [-0.25, -0.2) is 0 Å². The first kappa shape index (κ1) is 11.7. The number of hydrogen-bond acceptors (Lipinski definition) is 3. The molecule has 2 aliphatic carbocycles. The predicted octanol–water partition coefficient (Wildman–Crippen LogP) is 1.78. The number of nitrogens with zero attached hydrogens (tertiary/aromatic N) is 2. The molecule has 2 saturated carbocycles. The molecule has 0 heterocycles. The lowest BCUT2D eigenvalue weighted by Gasteiger charge is -2.21. The van der Waals surface area contributed by atoms with Gasteiger partial charge >= 0.3 is 0 Å². The molecule has 0 aromatic heterocycles. The van der Waals surface area contributed by atoms with Crippen LogP contribution in [0.2, 0.25) is 0 Å². The van der Waals surface area contributed by atoms with Gasteiger partial charge in [0.1, 0.15) is 5.84 Å². The third kappa shape index (κ3) is 4.00. The summed E-state index contributed by atoms with van der Waals surface area (Å²) in [5, 5.41) is 11.4. The van der Waals surface area contributed by atoms with Crippen molar-refractivity contribution < 1.29 is 5.21 Å². The van der Waals surface area contributed by atoms with E-state index in [0.29, 0.717) is 5.84 Å². The van der Waals surface area contributed by atoms with E-state index >= 15 is 0 Å². The molecule has 0 saturated heterocycles. The quantitative estimate of drug-likeness (QED) is 0.218. The lowest BCUT2D eigenvalue weighted by atomic mass is 10.2. The minimum Gasteiger partial charge on any atom is -0.409 e. The molecule has 16 heavy (non-hydrogen) atoms. The van der Waals surface area contributed by atoms with Crippen molar-refractivity contribution in [3.8, 4) is 0 Å². The highest BCUT2D eigenvalue weighted by atomic mass is 16.4. The fourth-order valence-corrected chi connectivity index (χ4v) is 2.17. The van der Waals surface area contributed by atoms with Crippen LogP contribution in [0.4, 0.5) is 0 Å². The monoisotopic (exact) mass is 225 g/mol. The molecule has 0 aliphatic heterocycles. The van der Waals surface area contributed by atoms with Crippen molar-refractivity contribution in [2.24, 2.45) is 16.8 Å². The van der Waals surface area contributed by atoms with Crippen molar-refractivity contribution in [2.75, 3.05) is 13.1 Å². The molecule has 0 bridgehead atoms. The highest BCUT2D eigenvalue weighted by Crippen LogP contribution is 2.34. The molecule has 0 radical (unpaired) electrons. The molecule has 0 amide bonds. The minimum absolute atomic E-state index is 0.361. The van der Waals surface area contributed by atoms with Crippen molar-refractivity contribution in [3.63, 3.8) is 0 Å². The summed E-state index contributed by atoms with van der Waals surface area (Å²) < 4.78 is 0. The van der Waals surface area contributed by atoms with E-state index in [-0.39, 0.29) is 0 Å². The highest BCUT2D eigenvalue weighted by Gasteiger charge is 2.32. The van der Waals surface area contributed by atoms with Gasteiger partial charge in [0, 0.05) is 19.0 Å². The zero-order valence-electron chi connectivity index (χ0n) is 9.94. The third-order valence-electron chi connectivity index (χ3n) is 3.51. The number of hydrogen-bond donors (Lipinski definition) is 2. The number of rotatable bonds is 8. The molecule has 2 rings (SSSR count). The summed E-state index contributed by atoms with van der Waals surface area (Å²) in [7, 11) is 0. The van der Waals surface area contributed by atoms with Gasteiger partial charge in [0.2, 0.25) is 0 Å². The third-order valence-corrected chi connectivity index (χ3v) is 3.51. The van der Waals surface area contributed by atoms with E-state index in [1.54, 1.807) is 0 Å². The SMILES string of the molecule is NC(CCCCN(CC1CC1)C1CC1)=NO. The maximum Gasteiger partial charge on any atom is 0.139 e. The Bertz CT molecular complexity index is 247. The van der Waals surface area contributed by atoms with E-state index in [4.69, 9.17) is 10.9 Å². The summed E-state index contributed by atoms with van der Waals surface area (Å²) in [6, 6.07) is 0.879. The van der Waals surface area contributed by atoms with Crippen LogP contribution in [-0.4, -0.2) is 35.1 Å². The van der Waals surface area contributed by atoms with E-state index in [1.807, 2.05) is 0 Å². The standard InChI is InChI=1S/C12H23N3O/c13-12(14-16)3-1-2-8-15(11-6-7-11)9-10-4-5-10/h10-11,16H,1-9H2,(H2,13,14). The molecule has 2 fully saturated rings. The Balaban J connectivity index is 1.58. The molecule has 3 N–H and O–H groups in total. The Labute approximate surface area is 97.5 Å². The second-order valence-corrected chi connectivity index (χ2v) is 5.22. The fourth-order valence-electron chi connectivity index (χ4n) is 2.17. The number of unbranched alkanes of at least 4 members (excludes halogenated alkanes) is 1. The van der Waals surface area contributed by atoms with Crippen molar-refractivity contribution >= 4 is 5.84 Å². The number of nitrogens with two attached hydrogens (primary N) is 1. The van der Waals surface area contributed by atoms with E-state index in [9.17, 15) is 0 Å². The van der Waals surface area contributed by atoms with Crippen LogP contribution in [-0.2, 0) is 0 Å². The van der Waals surface area contributed by atoms with Crippen LogP contribution in [0.1, 0.15) is 44.9 Å². The molecular formula is C12H23N3O. The average molecular weight is 225 g/mol. The predicted molar refractivity (Wildman–Crippen MR) is 64.6 cm³/mol. The van der Waals surface area contributed by atoms with Gasteiger partial charge in [0.15, 0.2) is 0 Å². The van der Waals surface area contributed by atoms with Gasteiger partial charge in [-0.3, -0.25) is 0 Å². The smallest absolute Gasteiger partial charge is 0.139 e. The Morgan fingerprint density at radius 2 is 2.00 bits per heavy atom. The van der Waals surface area contributed by atoms with Crippen molar-refractivity contribution in [1.82, 2.24) is 4.90 Å². The molecule has 92 valence electrons. The van der Waals surface area contributed by atoms with Crippen molar-refractivity contribution in [2.45, 2.75) is 51.0 Å². The van der Waals surface area contributed by atoms with Crippen molar-refractivity contribution in [3.05, 3.63) is 0 Å². The fraction of sp³-hybridized carbons (Fsp3) is 0.917. The largest absolute Gasteiger partial charge is 0.409 e. The molecular weight excluding hydrogens is 202 g/mol. The minimum atomic E-state index is 0.361. The van der Waals surface area contributed by atoms with E-state index in [1.165, 1.54) is 45.2 Å². The zero-order valence-corrected chi connectivity index (χ0v) is 9.94. The van der Waals surface area contributed by atoms with Crippen molar-refractivity contribution in [1.29, 1.82) is 0 Å². The first-order valence-electron chi connectivity index (χ1n) is 6.50. The van der Waals surface area contributed by atoms with Gasteiger partial charge in [-0.05, 0) is 51.0 Å². The maximum absolute atomic E-state index is 8.42. The molecule has 2 aliphatic rings. The molecule has 0 spiro atoms. The Kier molecular flexibility index (Phi) is 4.04. The number of amidine groups is 1. The molecule has 0 unspecified atom stereocenters. The summed E-state index contributed by atoms with van der Waals surface area (Å²) in [4.78, 5) is 2.66. The van der Waals surface area contributed by atoms with Gasteiger partial charge in [-0.2, -0.15) is 0 Å². The second-order valence-electron chi connectivity index (χ2n) is 5.22. The molecule has 4 nitrogen and oxygen atoms in total. The lowest BCUT2D eigenvalue weighted by Crippen LogP contribution is -2.29. The zero-order chi connectivity index (χ0) is 11.4. The summed E-state index contributed by atoms with van der Waals surface area (Å²) in [6.45, 7) is 2.51. The van der Waals surface area contributed by atoms with Crippen LogP contribution < -0.4 is 5.73 Å². The van der Waals surface area contributed by atoms with Crippen LogP contribution in [0.5, 0.6) is 0 Å². The summed E-state index contributed by atoms with van der Waals surface area (Å²) in [6.07, 6.45) is 8.59. The van der Waals surface area contributed by atoms with Gasteiger partial charge in [0.05, 0.1) is 0 Å². The molecule has 0 aromatic rings. The van der Waals surface area contributed by atoms with E-state index < -0.39 is 0 Å². The van der Waals surface area contributed by atoms with E-state index in [2.05, 4.69) is 10.1 Å². The molecule has 0 atom stereocenters. The summed E-state index contributed by atoms with van der Waals surface area (Å²) >= 11 is 0. The van der Waals surface area contributed by atoms with Crippen LogP contribution in [0, 0.1) is 5.92 Å². The normalized spacial score (nSPS) is 21.7. The first-order valence-corrected chi connectivity index (χ1v) is 6.50. The first-order chi connectivity index (χ1) is 7.79. The maximum atomic E-state index is 8.42. The second kappa shape index (κ2) is 5.53. The van der Waals surface area contributed by atoms with Gasteiger partial charge in [-0.1, -0.05) is 5.16 Å². The molecule has 4 heteroatoms. The Morgan fingerprint density at radius 1 is 1.25 bits per heavy atom. The summed E-state index contributed by atoms with van der Waals surface area (Å²) in [5.41, 5.74) is 5.44. The van der Waals surface area contributed by atoms with Gasteiger partial charge in [0.25, 0.3) is 0 Å². The van der Waals surface area contributed by atoms with Crippen LogP contribution in [0.3, 0.4) is 0 Å². The van der Waals surface area contributed by atoms with Crippen LogP contribution in [0.25, 0.3) is 0 Å². The Hall–Kier alpha value is -0.770. The van der Waals surface area contributed by atoms with Gasteiger partial charge in [-0.15, -0.1) is 0 Å². The van der Waals surface area contributed by atoms with Crippen LogP contribution in [0.15, 0.2) is 5.16 Å². The molecule has 0 aromatic carbocycles. The topological polar surface area (TPSA) is 61.8 Å². The van der Waals surface area contributed by atoms with E-state index in [0.717, 1.165) is 24.8 Å². The Morgan fingerprint density at radius 3 is 2.56 bits per heavy atom. The summed E-state index contributed by atoms with van der Waals surface area (Å²) in [5.74, 6) is 1.35. The van der Waals surface area contributed by atoms with Crippen LogP contribution >= 0.6 is 0 Å².